The Kier molecular flexibility index (Phi) is 3.39. The van der Waals surface area contributed by atoms with E-state index < -0.39 is 17.8 Å². The molecular formula is C14H13NO3. The lowest BCUT2D eigenvalue weighted by Crippen LogP contribution is -2.39. The summed E-state index contributed by atoms with van der Waals surface area (Å²) in [5.41, 5.74) is 5.93. The van der Waals surface area contributed by atoms with Crippen LogP contribution in [0.15, 0.2) is 42.5 Å². The first kappa shape index (κ1) is 12.3. The molecule has 0 spiro atoms. The van der Waals surface area contributed by atoms with Crippen molar-refractivity contribution in [2.45, 2.75) is 6.04 Å². The first-order valence-electron chi connectivity index (χ1n) is 5.50. The van der Waals surface area contributed by atoms with Gasteiger partial charge in [-0.1, -0.05) is 36.4 Å². The maximum atomic E-state index is 12.0. The standard InChI is InChI=1S/C14H13NO3/c1-18-14(17)12(15)13(16)11-7-6-9-4-2-3-5-10(9)8-11/h2-8,12H,15H2,1H3. The third-order valence-corrected chi connectivity index (χ3v) is 2.77. The summed E-state index contributed by atoms with van der Waals surface area (Å²) < 4.78 is 4.46. The molecular weight excluding hydrogens is 230 g/mol. The molecule has 1 unspecified atom stereocenters. The molecule has 0 heterocycles. The van der Waals surface area contributed by atoms with Crippen molar-refractivity contribution in [2.24, 2.45) is 5.73 Å². The summed E-state index contributed by atoms with van der Waals surface area (Å²) in [6.45, 7) is 0. The molecule has 4 heteroatoms. The van der Waals surface area contributed by atoms with Crippen LogP contribution in [0.1, 0.15) is 10.4 Å². The van der Waals surface area contributed by atoms with E-state index in [2.05, 4.69) is 4.74 Å². The van der Waals surface area contributed by atoms with E-state index in [1.165, 1.54) is 7.11 Å². The number of Topliss-reactive ketones (excluding diaryl/α,β-unsaturated/α-hetero) is 1. The number of rotatable bonds is 3. The van der Waals surface area contributed by atoms with Gasteiger partial charge >= 0.3 is 5.97 Å². The second-order valence-electron chi connectivity index (χ2n) is 3.93. The molecule has 2 aromatic carbocycles. The number of hydrogen-bond donors (Lipinski definition) is 1. The summed E-state index contributed by atoms with van der Waals surface area (Å²) in [6.07, 6.45) is 0. The molecule has 0 aliphatic rings. The normalized spacial score (nSPS) is 12.1. The van der Waals surface area contributed by atoms with E-state index in [1.807, 2.05) is 30.3 Å². The molecule has 18 heavy (non-hydrogen) atoms. The van der Waals surface area contributed by atoms with E-state index in [-0.39, 0.29) is 0 Å². The number of ketones is 1. The van der Waals surface area contributed by atoms with E-state index in [0.29, 0.717) is 5.56 Å². The fourth-order valence-corrected chi connectivity index (χ4v) is 1.76. The first-order chi connectivity index (χ1) is 8.63. The fourth-order valence-electron chi connectivity index (χ4n) is 1.76. The highest BCUT2D eigenvalue weighted by molar-refractivity contribution is 6.13. The van der Waals surface area contributed by atoms with Crippen LogP contribution in [0.4, 0.5) is 0 Å². The van der Waals surface area contributed by atoms with Gasteiger partial charge in [-0.15, -0.1) is 0 Å². The Hall–Kier alpha value is -2.20. The second kappa shape index (κ2) is 4.98. The second-order valence-corrected chi connectivity index (χ2v) is 3.93. The monoisotopic (exact) mass is 243 g/mol. The number of fused-ring (bicyclic) bond motifs is 1. The van der Waals surface area contributed by atoms with E-state index in [0.717, 1.165) is 10.8 Å². The van der Waals surface area contributed by atoms with Crippen LogP contribution in [-0.4, -0.2) is 24.9 Å². The third kappa shape index (κ3) is 2.24. The smallest absolute Gasteiger partial charge is 0.330 e. The van der Waals surface area contributed by atoms with Gasteiger partial charge in [0.2, 0.25) is 0 Å². The Balaban J connectivity index is 2.36. The Labute approximate surface area is 104 Å². The van der Waals surface area contributed by atoms with Crippen LogP contribution in [0.2, 0.25) is 0 Å². The highest BCUT2D eigenvalue weighted by Gasteiger charge is 2.24. The van der Waals surface area contributed by atoms with Gasteiger partial charge in [0.15, 0.2) is 11.8 Å². The van der Waals surface area contributed by atoms with Gasteiger partial charge < -0.3 is 10.5 Å². The first-order valence-corrected chi connectivity index (χ1v) is 5.50. The SMILES string of the molecule is COC(=O)C(N)C(=O)c1ccc2ccccc2c1. The van der Waals surface area contributed by atoms with Gasteiger partial charge in [0.05, 0.1) is 7.11 Å². The van der Waals surface area contributed by atoms with Crippen molar-refractivity contribution in [1.29, 1.82) is 0 Å². The molecule has 92 valence electrons. The lowest BCUT2D eigenvalue weighted by molar-refractivity contribution is -0.140. The van der Waals surface area contributed by atoms with Gasteiger partial charge in [0.25, 0.3) is 0 Å². The van der Waals surface area contributed by atoms with Gasteiger partial charge in [-0.2, -0.15) is 0 Å². The summed E-state index contributed by atoms with van der Waals surface area (Å²) in [7, 11) is 1.20. The number of carbonyl (C=O) groups excluding carboxylic acids is 2. The molecule has 1 atom stereocenters. The Morgan fingerprint density at radius 3 is 2.44 bits per heavy atom. The number of esters is 1. The van der Waals surface area contributed by atoms with Crippen molar-refractivity contribution >= 4 is 22.5 Å². The minimum Gasteiger partial charge on any atom is -0.468 e. The molecule has 0 aliphatic carbocycles. The molecule has 0 saturated carbocycles. The number of ether oxygens (including phenoxy) is 1. The van der Waals surface area contributed by atoms with Gasteiger partial charge in [0, 0.05) is 5.56 Å². The topological polar surface area (TPSA) is 69.4 Å². The average Bonchev–Trinajstić information content (AvgIpc) is 2.44. The van der Waals surface area contributed by atoms with E-state index in [9.17, 15) is 9.59 Å². The van der Waals surface area contributed by atoms with Crippen molar-refractivity contribution in [1.82, 2.24) is 0 Å². The number of methoxy groups -OCH3 is 1. The molecule has 2 N–H and O–H groups in total. The molecule has 0 aliphatic heterocycles. The van der Waals surface area contributed by atoms with Crippen LogP contribution < -0.4 is 5.73 Å². The predicted octanol–water partition coefficient (Wildman–Crippen LogP) is 1.52. The molecule has 0 bridgehead atoms. The predicted molar refractivity (Wildman–Crippen MR) is 68.3 cm³/mol. The number of benzene rings is 2. The van der Waals surface area contributed by atoms with Crippen LogP contribution in [0.25, 0.3) is 10.8 Å². The highest BCUT2D eigenvalue weighted by Crippen LogP contribution is 2.16. The van der Waals surface area contributed by atoms with Crippen molar-refractivity contribution in [3.63, 3.8) is 0 Å². The summed E-state index contributed by atoms with van der Waals surface area (Å²) in [5, 5.41) is 1.96. The van der Waals surface area contributed by atoms with Crippen LogP contribution in [0, 0.1) is 0 Å². The van der Waals surface area contributed by atoms with Crippen LogP contribution >= 0.6 is 0 Å². The zero-order chi connectivity index (χ0) is 13.1. The van der Waals surface area contributed by atoms with Crippen molar-refractivity contribution < 1.29 is 14.3 Å². The van der Waals surface area contributed by atoms with Gasteiger partial charge in [-0.05, 0) is 16.8 Å². The lowest BCUT2D eigenvalue weighted by atomic mass is 10.0. The molecule has 0 saturated heterocycles. The van der Waals surface area contributed by atoms with Gasteiger partial charge in [0.1, 0.15) is 0 Å². The number of carbonyl (C=O) groups is 2. The minimum atomic E-state index is -1.27. The fraction of sp³-hybridized carbons (Fsp3) is 0.143. The highest BCUT2D eigenvalue weighted by atomic mass is 16.5. The van der Waals surface area contributed by atoms with Crippen LogP contribution in [0.3, 0.4) is 0 Å². The van der Waals surface area contributed by atoms with Crippen LogP contribution in [0.5, 0.6) is 0 Å². The molecule has 0 amide bonds. The van der Waals surface area contributed by atoms with Crippen molar-refractivity contribution in [3.8, 4) is 0 Å². The zero-order valence-corrected chi connectivity index (χ0v) is 9.92. The maximum Gasteiger partial charge on any atom is 0.330 e. The van der Waals surface area contributed by atoms with E-state index in [1.54, 1.807) is 12.1 Å². The van der Waals surface area contributed by atoms with Crippen molar-refractivity contribution in [2.75, 3.05) is 7.11 Å². The van der Waals surface area contributed by atoms with Crippen molar-refractivity contribution in [3.05, 3.63) is 48.0 Å². The Morgan fingerprint density at radius 1 is 1.11 bits per heavy atom. The van der Waals surface area contributed by atoms with E-state index in [4.69, 9.17) is 5.73 Å². The Bertz CT molecular complexity index is 607. The number of nitrogens with two attached hydrogens (primary N) is 1. The quantitative estimate of drug-likeness (QED) is 0.504. The Morgan fingerprint density at radius 2 is 1.78 bits per heavy atom. The molecule has 2 aromatic rings. The molecule has 4 nitrogen and oxygen atoms in total. The summed E-state index contributed by atoms with van der Waals surface area (Å²) in [4.78, 5) is 23.2. The summed E-state index contributed by atoms with van der Waals surface area (Å²) in [6, 6.07) is 11.6. The molecule has 0 radical (unpaired) electrons. The van der Waals surface area contributed by atoms with Gasteiger partial charge in [-0.3, -0.25) is 4.79 Å². The molecule has 0 fully saturated rings. The summed E-state index contributed by atoms with van der Waals surface area (Å²) in [5.74, 6) is -1.17. The largest absolute Gasteiger partial charge is 0.468 e. The average molecular weight is 243 g/mol. The zero-order valence-electron chi connectivity index (χ0n) is 9.92. The maximum absolute atomic E-state index is 12.0. The third-order valence-electron chi connectivity index (χ3n) is 2.77. The lowest BCUT2D eigenvalue weighted by Gasteiger charge is -2.08. The van der Waals surface area contributed by atoms with E-state index >= 15 is 0 Å². The number of hydrogen-bond acceptors (Lipinski definition) is 4. The molecule has 0 aromatic heterocycles. The molecule has 2 rings (SSSR count). The summed E-state index contributed by atoms with van der Waals surface area (Å²) >= 11 is 0. The minimum absolute atomic E-state index is 0.409. The van der Waals surface area contributed by atoms with Crippen LogP contribution in [-0.2, 0) is 9.53 Å². The van der Waals surface area contributed by atoms with Gasteiger partial charge in [-0.25, -0.2) is 4.79 Å².